The van der Waals surface area contributed by atoms with Crippen molar-refractivity contribution in [3.05, 3.63) is 28.8 Å². The summed E-state index contributed by atoms with van der Waals surface area (Å²) in [5, 5.41) is 0.0905. The van der Waals surface area contributed by atoms with Gasteiger partial charge < -0.3 is 10.6 Å². The second-order valence-electron chi connectivity index (χ2n) is 4.53. The topological polar surface area (TPSA) is 63.4 Å². The lowest BCUT2D eigenvalue weighted by atomic mass is 10.1. The van der Waals surface area contributed by atoms with E-state index in [1.807, 2.05) is 11.0 Å². The Hall–Kier alpha value is -0.430. The maximum Gasteiger partial charge on any atom is 0.169 e. The van der Waals surface area contributed by atoms with Crippen molar-refractivity contribution in [1.82, 2.24) is 0 Å². The third kappa shape index (κ3) is 3.37. The highest BCUT2D eigenvalue weighted by atomic mass is 35.5. The van der Waals surface area contributed by atoms with E-state index in [1.54, 1.807) is 23.9 Å². The van der Waals surface area contributed by atoms with Gasteiger partial charge >= 0.3 is 0 Å². The van der Waals surface area contributed by atoms with Gasteiger partial charge in [-0.2, -0.15) is 11.8 Å². The van der Waals surface area contributed by atoms with Crippen LogP contribution in [0, 0.1) is 0 Å². The van der Waals surface area contributed by atoms with E-state index in [-0.39, 0.29) is 0 Å². The van der Waals surface area contributed by atoms with Gasteiger partial charge in [0.2, 0.25) is 0 Å². The van der Waals surface area contributed by atoms with Crippen LogP contribution in [-0.4, -0.2) is 38.1 Å². The third-order valence-electron chi connectivity index (χ3n) is 3.16. The summed E-state index contributed by atoms with van der Waals surface area (Å²) in [4.78, 5) is 1.92. The molecule has 0 spiro atoms. The van der Waals surface area contributed by atoms with Crippen molar-refractivity contribution in [2.75, 3.05) is 29.2 Å². The summed E-state index contributed by atoms with van der Waals surface area (Å²) < 4.78 is 23.9. The molecule has 1 aromatic rings. The molecule has 1 saturated heterocycles. The molecule has 2 rings (SSSR count). The Morgan fingerprint density at radius 3 is 2.89 bits per heavy atom. The number of halogens is 1. The average molecular weight is 321 g/mol. The normalized spacial score (nSPS) is 20.6. The molecular formula is C12H17ClN2O2S2. The Morgan fingerprint density at radius 2 is 2.26 bits per heavy atom. The van der Waals surface area contributed by atoms with Crippen LogP contribution in [0.1, 0.15) is 5.56 Å². The molecule has 4 nitrogen and oxygen atoms in total. The minimum atomic E-state index is -3.14. The fourth-order valence-corrected chi connectivity index (χ4v) is 5.19. The van der Waals surface area contributed by atoms with Gasteiger partial charge in [-0.1, -0.05) is 17.7 Å². The van der Waals surface area contributed by atoms with Gasteiger partial charge in [-0.25, -0.2) is 8.42 Å². The molecule has 0 amide bonds. The number of hydrogen-bond acceptors (Lipinski definition) is 5. The van der Waals surface area contributed by atoms with Crippen molar-refractivity contribution in [1.29, 1.82) is 0 Å². The van der Waals surface area contributed by atoms with E-state index in [0.29, 0.717) is 23.9 Å². The molecule has 1 atom stereocenters. The number of hydrogen-bond donors (Lipinski definition) is 1. The van der Waals surface area contributed by atoms with Crippen LogP contribution in [0.3, 0.4) is 0 Å². The second kappa shape index (κ2) is 5.91. The molecule has 106 valence electrons. The molecule has 0 saturated carbocycles. The summed E-state index contributed by atoms with van der Waals surface area (Å²) in [5.74, 6) is 1.48. The van der Waals surface area contributed by atoms with Crippen LogP contribution in [0.5, 0.6) is 0 Å². The zero-order chi connectivity index (χ0) is 14.0. The number of nitrogens with two attached hydrogens (primary N) is 1. The largest absolute Gasteiger partial charge is 0.353 e. The molecule has 1 aliphatic rings. The highest BCUT2D eigenvalue weighted by Gasteiger charge is 2.32. The molecule has 0 radical (unpaired) electrons. The number of anilines is 1. The maximum absolute atomic E-state index is 11.9. The first-order valence-corrected chi connectivity index (χ1v) is 9.44. The van der Waals surface area contributed by atoms with Crippen LogP contribution < -0.4 is 10.6 Å². The van der Waals surface area contributed by atoms with Crippen molar-refractivity contribution in [3.8, 4) is 0 Å². The van der Waals surface area contributed by atoms with Crippen LogP contribution in [-0.2, 0) is 16.4 Å². The van der Waals surface area contributed by atoms with Gasteiger partial charge in [-0.3, -0.25) is 0 Å². The zero-order valence-electron chi connectivity index (χ0n) is 10.7. The van der Waals surface area contributed by atoms with Crippen LogP contribution >= 0.6 is 23.4 Å². The lowest BCUT2D eigenvalue weighted by Crippen LogP contribution is -2.47. The van der Waals surface area contributed by atoms with Gasteiger partial charge in [0.05, 0.1) is 0 Å². The van der Waals surface area contributed by atoms with E-state index in [4.69, 9.17) is 17.3 Å². The summed E-state index contributed by atoms with van der Waals surface area (Å²) in [6.45, 7) is 1.06. The quantitative estimate of drug-likeness (QED) is 0.919. The smallest absolute Gasteiger partial charge is 0.169 e. The fourth-order valence-electron chi connectivity index (χ4n) is 2.19. The second-order valence-corrected chi connectivity index (χ2v) is 8.32. The predicted octanol–water partition coefficient (Wildman–Crippen LogP) is 1.72. The maximum atomic E-state index is 11.9. The van der Waals surface area contributed by atoms with E-state index in [1.165, 1.54) is 6.26 Å². The van der Waals surface area contributed by atoms with Crippen LogP contribution in [0.2, 0.25) is 5.02 Å². The third-order valence-corrected chi connectivity index (χ3v) is 6.03. The molecule has 7 heteroatoms. The summed E-state index contributed by atoms with van der Waals surface area (Å²) in [6, 6.07) is 5.44. The highest BCUT2D eigenvalue weighted by Crippen LogP contribution is 2.31. The summed E-state index contributed by atoms with van der Waals surface area (Å²) >= 11 is 7.69. The lowest BCUT2D eigenvalue weighted by Gasteiger charge is -2.37. The number of benzene rings is 1. The lowest BCUT2D eigenvalue weighted by molar-refractivity contribution is 0.584. The minimum absolute atomic E-state index is 0.368. The van der Waals surface area contributed by atoms with Crippen molar-refractivity contribution >= 4 is 38.9 Å². The zero-order valence-corrected chi connectivity index (χ0v) is 13.1. The highest BCUT2D eigenvalue weighted by molar-refractivity contribution is 8.01. The molecular weight excluding hydrogens is 304 g/mol. The van der Waals surface area contributed by atoms with Crippen molar-refractivity contribution in [2.45, 2.75) is 11.9 Å². The molecule has 1 aliphatic heterocycles. The molecule has 0 aliphatic carbocycles. The first-order chi connectivity index (χ1) is 8.93. The molecule has 0 aromatic heterocycles. The van der Waals surface area contributed by atoms with Gasteiger partial charge in [-0.15, -0.1) is 0 Å². The van der Waals surface area contributed by atoms with Crippen molar-refractivity contribution < 1.29 is 8.42 Å². The number of rotatable bonds is 3. The molecule has 19 heavy (non-hydrogen) atoms. The van der Waals surface area contributed by atoms with Crippen LogP contribution in [0.4, 0.5) is 5.69 Å². The number of nitrogens with zero attached hydrogens (tertiary/aromatic N) is 1. The van der Waals surface area contributed by atoms with Crippen LogP contribution in [0.25, 0.3) is 0 Å². The number of sulfone groups is 1. The Morgan fingerprint density at radius 1 is 1.53 bits per heavy atom. The van der Waals surface area contributed by atoms with Crippen molar-refractivity contribution in [3.63, 3.8) is 0 Å². The summed E-state index contributed by atoms with van der Waals surface area (Å²) in [6.07, 6.45) is 1.28. The van der Waals surface area contributed by atoms with Gasteiger partial charge in [0.1, 0.15) is 5.37 Å². The predicted molar refractivity (Wildman–Crippen MR) is 82.6 cm³/mol. The molecule has 2 N–H and O–H groups in total. The Labute approximate surface area is 123 Å². The Kier molecular flexibility index (Phi) is 4.66. The first-order valence-electron chi connectivity index (χ1n) is 5.95. The molecule has 1 unspecified atom stereocenters. The number of thioether (sulfide) groups is 1. The van der Waals surface area contributed by atoms with Crippen molar-refractivity contribution in [2.24, 2.45) is 5.73 Å². The van der Waals surface area contributed by atoms with Crippen LogP contribution in [0.15, 0.2) is 18.2 Å². The monoisotopic (exact) mass is 320 g/mol. The Bertz CT molecular complexity index is 563. The summed E-state index contributed by atoms with van der Waals surface area (Å²) in [5.41, 5.74) is 7.50. The van der Waals surface area contributed by atoms with E-state index in [0.717, 1.165) is 17.0 Å². The fraction of sp³-hybridized carbons (Fsp3) is 0.500. The van der Waals surface area contributed by atoms with E-state index in [2.05, 4.69) is 0 Å². The van der Waals surface area contributed by atoms with E-state index < -0.39 is 15.2 Å². The molecule has 0 bridgehead atoms. The van der Waals surface area contributed by atoms with Gasteiger partial charge in [0, 0.05) is 41.6 Å². The molecule has 1 fully saturated rings. The van der Waals surface area contributed by atoms with E-state index in [9.17, 15) is 8.42 Å². The van der Waals surface area contributed by atoms with Gasteiger partial charge in [0.15, 0.2) is 9.84 Å². The summed E-state index contributed by atoms with van der Waals surface area (Å²) in [7, 11) is -3.14. The van der Waals surface area contributed by atoms with Gasteiger partial charge in [-0.05, 0) is 17.7 Å². The van der Waals surface area contributed by atoms with E-state index >= 15 is 0 Å². The molecule has 1 heterocycles. The minimum Gasteiger partial charge on any atom is -0.353 e. The Balaban J connectivity index is 2.45. The average Bonchev–Trinajstić information content (AvgIpc) is 2.37. The van der Waals surface area contributed by atoms with Gasteiger partial charge in [0.25, 0.3) is 0 Å². The standard InChI is InChI=1S/C12H17ClN2O2S2/c1-19(16,17)12-8-18-5-4-15(12)11-6-10(13)3-2-9(11)7-14/h2-3,6,12H,4-5,7-8,14H2,1H3. The first kappa shape index (κ1) is 15.0. The SMILES string of the molecule is CS(=O)(=O)C1CSCCN1c1cc(Cl)ccc1CN. The molecule has 1 aromatic carbocycles.